The second-order valence-electron chi connectivity index (χ2n) is 7.48. The van der Waals surface area contributed by atoms with E-state index in [0.29, 0.717) is 29.2 Å². The predicted octanol–water partition coefficient (Wildman–Crippen LogP) is 1.84. The fourth-order valence-corrected chi connectivity index (χ4v) is 4.13. The summed E-state index contributed by atoms with van der Waals surface area (Å²) >= 11 is 0. The first kappa shape index (κ1) is 17.0. The van der Waals surface area contributed by atoms with Gasteiger partial charge in [-0.05, 0) is 43.9 Å². The number of methoxy groups -OCH3 is 1. The van der Waals surface area contributed by atoms with Crippen LogP contribution in [0.2, 0.25) is 0 Å². The Morgan fingerprint density at radius 1 is 1.25 bits per heavy atom. The summed E-state index contributed by atoms with van der Waals surface area (Å²) in [5.74, 6) is -0.297. The Labute approximate surface area is 161 Å². The second-order valence-corrected chi connectivity index (χ2v) is 7.48. The van der Waals surface area contributed by atoms with Crippen LogP contribution in [0.3, 0.4) is 0 Å². The highest BCUT2D eigenvalue weighted by Gasteiger charge is 2.41. The third-order valence-corrected chi connectivity index (χ3v) is 5.73. The number of carbonyl (C=O) groups excluding carboxylic acids is 3. The Balaban J connectivity index is 1.63. The van der Waals surface area contributed by atoms with Crippen molar-refractivity contribution in [3.05, 3.63) is 41.5 Å². The van der Waals surface area contributed by atoms with Crippen molar-refractivity contribution in [2.75, 3.05) is 13.7 Å². The van der Waals surface area contributed by atoms with E-state index in [1.165, 1.54) is 0 Å². The lowest BCUT2D eigenvalue weighted by Crippen LogP contribution is -2.34. The van der Waals surface area contributed by atoms with E-state index in [4.69, 9.17) is 4.74 Å². The van der Waals surface area contributed by atoms with Crippen LogP contribution in [-0.2, 0) is 4.79 Å². The third kappa shape index (κ3) is 2.51. The Kier molecular flexibility index (Phi) is 3.75. The van der Waals surface area contributed by atoms with Gasteiger partial charge in [0.05, 0.1) is 30.1 Å². The topological polar surface area (TPSA) is 93.5 Å². The summed E-state index contributed by atoms with van der Waals surface area (Å²) in [6.07, 6.45) is 4.80. The quantitative estimate of drug-likeness (QED) is 0.820. The number of rotatable bonds is 3. The minimum absolute atomic E-state index is 0.0667. The minimum Gasteiger partial charge on any atom is -0.497 e. The van der Waals surface area contributed by atoms with Gasteiger partial charge in [0.2, 0.25) is 5.91 Å². The molecule has 3 heterocycles. The summed E-state index contributed by atoms with van der Waals surface area (Å²) in [4.78, 5) is 44.1. The number of fused-ring (bicyclic) bond motifs is 5. The van der Waals surface area contributed by atoms with Gasteiger partial charge < -0.3 is 9.64 Å². The molecule has 1 aliphatic carbocycles. The molecule has 28 heavy (non-hydrogen) atoms. The highest BCUT2D eigenvalue weighted by Crippen LogP contribution is 2.40. The number of ether oxygens (including phenoxy) is 1. The Morgan fingerprint density at radius 3 is 2.82 bits per heavy atom. The van der Waals surface area contributed by atoms with Gasteiger partial charge in [-0.25, -0.2) is 4.98 Å². The average molecular weight is 380 g/mol. The van der Waals surface area contributed by atoms with Gasteiger partial charge >= 0.3 is 0 Å². The fraction of sp³-hybridized carbons (Fsp3) is 0.400. The van der Waals surface area contributed by atoms with Gasteiger partial charge in [-0.3, -0.25) is 24.3 Å². The molecule has 1 aromatic heterocycles. The van der Waals surface area contributed by atoms with E-state index in [0.717, 1.165) is 25.7 Å². The molecule has 2 fully saturated rings. The van der Waals surface area contributed by atoms with Crippen LogP contribution in [-0.4, -0.2) is 45.8 Å². The van der Waals surface area contributed by atoms with Crippen LogP contribution >= 0.6 is 0 Å². The van der Waals surface area contributed by atoms with Crippen molar-refractivity contribution in [2.45, 2.75) is 31.7 Å². The third-order valence-electron chi connectivity index (χ3n) is 5.73. The lowest BCUT2D eigenvalue weighted by Gasteiger charge is -2.23. The van der Waals surface area contributed by atoms with E-state index in [1.54, 1.807) is 41.1 Å². The molecule has 0 bridgehead atoms. The molecule has 1 N–H and O–H groups in total. The molecule has 8 heteroatoms. The van der Waals surface area contributed by atoms with Crippen LogP contribution in [0.4, 0.5) is 0 Å². The van der Waals surface area contributed by atoms with Crippen molar-refractivity contribution in [1.29, 1.82) is 0 Å². The van der Waals surface area contributed by atoms with E-state index in [1.807, 2.05) is 0 Å². The van der Waals surface area contributed by atoms with Crippen LogP contribution in [0.5, 0.6) is 5.75 Å². The molecule has 5 rings (SSSR count). The Morgan fingerprint density at radius 2 is 2.07 bits per heavy atom. The number of hydrogen-bond donors (Lipinski definition) is 1. The number of nitrogens with one attached hydrogen (secondary N) is 1. The number of nitrogens with zero attached hydrogens (tertiary/aromatic N) is 3. The van der Waals surface area contributed by atoms with Crippen LogP contribution in [0, 0.1) is 5.92 Å². The maximum Gasteiger partial charge on any atom is 0.278 e. The molecule has 144 valence electrons. The lowest BCUT2D eigenvalue weighted by molar-refractivity contribution is -0.121. The number of benzene rings is 1. The summed E-state index contributed by atoms with van der Waals surface area (Å²) < 4.78 is 7.09. The maximum absolute atomic E-state index is 13.2. The van der Waals surface area contributed by atoms with E-state index in [2.05, 4.69) is 10.3 Å². The zero-order chi connectivity index (χ0) is 19.4. The number of imide groups is 1. The first-order valence-electron chi connectivity index (χ1n) is 9.50. The molecule has 0 spiro atoms. The minimum atomic E-state index is -0.498. The van der Waals surface area contributed by atoms with E-state index in [-0.39, 0.29) is 29.5 Å². The van der Waals surface area contributed by atoms with Gasteiger partial charge in [0.15, 0.2) is 5.69 Å². The zero-order valence-corrected chi connectivity index (χ0v) is 15.5. The number of aromatic nitrogens is 2. The maximum atomic E-state index is 13.2. The Bertz CT molecular complexity index is 1010. The number of amides is 3. The van der Waals surface area contributed by atoms with Crippen molar-refractivity contribution in [1.82, 2.24) is 19.8 Å². The molecule has 8 nitrogen and oxygen atoms in total. The summed E-state index contributed by atoms with van der Waals surface area (Å²) in [6.45, 7) is 0.618. The Hall–Kier alpha value is -3.16. The van der Waals surface area contributed by atoms with Crippen molar-refractivity contribution < 1.29 is 19.1 Å². The molecule has 2 aromatic rings. The van der Waals surface area contributed by atoms with Gasteiger partial charge in [0.1, 0.15) is 12.1 Å². The van der Waals surface area contributed by atoms with E-state index >= 15 is 0 Å². The largest absolute Gasteiger partial charge is 0.497 e. The first-order valence-corrected chi connectivity index (χ1v) is 9.50. The van der Waals surface area contributed by atoms with Crippen molar-refractivity contribution in [3.63, 3.8) is 0 Å². The zero-order valence-electron chi connectivity index (χ0n) is 15.5. The summed E-state index contributed by atoms with van der Waals surface area (Å²) in [5, 5.41) is 2.47. The molecule has 1 saturated heterocycles. The smallest absolute Gasteiger partial charge is 0.278 e. The highest BCUT2D eigenvalue weighted by molar-refractivity contribution is 6.06. The first-order chi connectivity index (χ1) is 13.6. The summed E-state index contributed by atoms with van der Waals surface area (Å²) in [5.41, 5.74) is 2.05. The monoisotopic (exact) mass is 380 g/mol. The van der Waals surface area contributed by atoms with E-state index < -0.39 is 5.91 Å². The SMILES string of the molecule is COc1ccc2c(c1)C(=O)N1CCCC1c1c(C(=O)NC(=O)C3CC3)ncn1-2. The van der Waals surface area contributed by atoms with Crippen LogP contribution in [0.15, 0.2) is 24.5 Å². The number of carbonyl (C=O) groups is 3. The molecule has 2 aliphatic heterocycles. The molecule has 3 amide bonds. The normalized spacial score (nSPS) is 20.1. The predicted molar refractivity (Wildman–Crippen MR) is 98.3 cm³/mol. The average Bonchev–Trinajstić information content (AvgIpc) is 3.31. The van der Waals surface area contributed by atoms with Crippen molar-refractivity contribution in [2.24, 2.45) is 5.92 Å². The lowest BCUT2D eigenvalue weighted by atomic mass is 10.1. The number of hydrogen-bond acceptors (Lipinski definition) is 5. The van der Waals surface area contributed by atoms with Gasteiger partial charge in [0, 0.05) is 12.5 Å². The molecule has 1 unspecified atom stereocenters. The highest BCUT2D eigenvalue weighted by atomic mass is 16.5. The van der Waals surface area contributed by atoms with Crippen LogP contribution in [0.1, 0.15) is 58.3 Å². The van der Waals surface area contributed by atoms with Crippen molar-refractivity contribution >= 4 is 17.7 Å². The molecular formula is C20H20N4O4. The van der Waals surface area contributed by atoms with Gasteiger partial charge in [-0.2, -0.15) is 0 Å². The molecule has 0 radical (unpaired) electrons. The summed E-state index contributed by atoms with van der Waals surface area (Å²) in [6, 6.07) is 5.06. The second kappa shape index (κ2) is 6.19. The standard InChI is InChI=1S/C20H20N4O4/c1-28-12-6-7-14-13(9-12)20(27)23-8-2-3-15(23)17-16(21-10-24(14)17)19(26)22-18(25)11-4-5-11/h6-7,9-11,15H,2-5,8H2,1H3,(H,22,25,26). The van der Waals surface area contributed by atoms with Gasteiger partial charge in [-0.1, -0.05) is 0 Å². The van der Waals surface area contributed by atoms with Gasteiger partial charge in [-0.15, -0.1) is 0 Å². The van der Waals surface area contributed by atoms with Crippen LogP contribution in [0.25, 0.3) is 5.69 Å². The van der Waals surface area contributed by atoms with Gasteiger partial charge in [0.25, 0.3) is 11.8 Å². The van der Waals surface area contributed by atoms with Crippen molar-refractivity contribution in [3.8, 4) is 11.4 Å². The molecule has 1 aromatic carbocycles. The number of imidazole rings is 1. The molecule has 3 aliphatic rings. The van der Waals surface area contributed by atoms with E-state index in [9.17, 15) is 14.4 Å². The molecular weight excluding hydrogens is 360 g/mol. The summed E-state index contributed by atoms with van der Waals surface area (Å²) in [7, 11) is 1.56. The fourth-order valence-electron chi connectivity index (χ4n) is 4.13. The molecule has 1 saturated carbocycles. The molecule has 1 atom stereocenters. The van der Waals surface area contributed by atoms with Crippen LogP contribution < -0.4 is 10.1 Å².